The van der Waals surface area contributed by atoms with E-state index < -0.39 is 6.04 Å². The van der Waals surface area contributed by atoms with Crippen LogP contribution in [-0.2, 0) is 22.7 Å². The van der Waals surface area contributed by atoms with Gasteiger partial charge >= 0.3 is 0 Å². The van der Waals surface area contributed by atoms with E-state index in [-0.39, 0.29) is 24.1 Å². The standard InChI is InChI=1S/C22H30N4O3/c1-14(2)23-17-7-9-25(10-8-17)12-15-3-4-16-13-26(22(29)18(16)11-15)19-5-6-20(27)24-21(19)28/h3-4,11,14,17,19,23H,5-10,12-13H2,1-2H3,(H,24,27,28). The van der Waals surface area contributed by atoms with Crippen LogP contribution in [-0.4, -0.2) is 58.7 Å². The van der Waals surface area contributed by atoms with Gasteiger partial charge in [0.25, 0.3) is 5.91 Å². The van der Waals surface area contributed by atoms with Crippen LogP contribution >= 0.6 is 0 Å². The second-order valence-corrected chi connectivity index (χ2v) is 8.76. The second kappa shape index (κ2) is 8.24. The van der Waals surface area contributed by atoms with Gasteiger partial charge in [-0.1, -0.05) is 26.0 Å². The minimum Gasteiger partial charge on any atom is -0.322 e. The second-order valence-electron chi connectivity index (χ2n) is 8.76. The molecule has 0 bridgehead atoms. The Balaban J connectivity index is 1.38. The molecule has 156 valence electrons. The molecule has 3 aliphatic heterocycles. The number of piperidine rings is 2. The first-order chi connectivity index (χ1) is 13.9. The Bertz CT molecular complexity index is 814. The lowest BCUT2D eigenvalue weighted by Crippen LogP contribution is -2.52. The molecule has 7 nitrogen and oxygen atoms in total. The van der Waals surface area contributed by atoms with Gasteiger partial charge in [-0.25, -0.2) is 0 Å². The monoisotopic (exact) mass is 398 g/mol. The highest BCUT2D eigenvalue weighted by atomic mass is 16.2. The summed E-state index contributed by atoms with van der Waals surface area (Å²) in [6.07, 6.45) is 2.97. The number of benzene rings is 1. The van der Waals surface area contributed by atoms with Crippen LogP contribution in [0.5, 0.6) is 0 Å². The van der Waals surface area contributed by atoms with Crippen LogP contribution in [0.3, 0.4) is 0 Å². The number of amides is 3. The molecule has 2 N–H and O–H groups in total. The Morgan fingerprint density at radius 2 is 1.90 bits per heavy atom. The molecule has 3 aliphatic rings. The molecule has 0 radical (unpaired) electrons. The van der Waals surface area contributed by atoms with Gasteiger partial charge in [0.05, 0.1) is 0 Å². The van der Waals surface area contributed by atoms with Crippen LogP contribution in [0.2, 0.25) is 0 Å². The first-order valence-corrected chi connectivity index (χ1v) is 10.7. The van der Waals surface area contributed by atoms with Crippen LogP contribution < -0.4 is 10.6 Å². The number of nitrogens with zero attached hydrogens (tertiary/aromatic N) is 2. The van der Waals surface area contributed by atoms with E-state index in [2.05, 4.69) is 35.4 Å². The molecule has 0 saturated carbocycles. The number of rotatable bonds is 5. The van der Waals surface area contributed by atoms with E-state index in [4.69, 9.17) is 0 Å². The van der Waals surface area contributed by atoms with E-state index in [0.717, 1.165) is 43.6 Å². The van der Waals surface area contributed by atoms with Crippen molar-refractivity contribution in [3.8, 4) is 0 Å². The summed E-state index contributed by atoms with van der Waals surface area (Å²) in [5.74, 6) is -0.721. The van der Waals surface area contributed by atoms with Gasteiger partial charge in [0.2, 0.25) is 11.8 Å². The van der Waals surface area contributed by atoms with Gasteiger partial charge in [0, 0.05) is 37.2 Å². The van der Waals surface area contributed by atoms with Crippen LogP contribution in [0.25, 0.3) is 0 Å². The molecule has 3 amide bonds. The number of hydrogen-bond donors (Lipinski definition) is 2. The Morgan fingerprint density at radius 1 is 1.14 bits per heavy atom. The van der Waals surface area contributed by atoms with Gasteiger partial charge in [-0.3, -0.25) is 24.6 Å². The van der Waals surface area contributed by atoms with Crippen molar-refractivity contribution in [1.29, 1.82) is 0 Å². The Hall–Kier alpha value is -2.25. The number of imide groups is 1. The highest BCUT2D eigenvalue weighted by Gasteiger charge is 2.39. The molecule has 0 spiro atoms. The number of carbonyl (C=O) groups excluding carboxylic acids is 3. The van der Waals surface area contributed by atoms with Crippen molar-refractivity contribution in [2.75, 3.05) is 13.1 Å². The van der Waals surface area contributed by atoms with Crippen molar-refractivity contribution in [3.63, 3.8) is 0 Å². The third-order valence-electron chi connectivity index (χ3n) is 6.16. The fraction of sp³-hybridized carbons (Fsp3) is 0.591. The number of hydrogen-bond acceptors (Lipinski definition) is 5. The molecule has 2 saturated heterocycles. The van der Waals surface area contributed by atoms with Crippen molar-refractivity contribution in [3.05, 3.63) is 34.9 Å². The van der Waals surface area contributed by atoms with Crippen LogP contribution in [0.1, 0.15) is 61.0 Å². The molecule has 0 aromatic heterocycles. The summed E-state index contributed by atoms with van der Waals surface area (Å²) in [4.78, 5) is 40.6. The van der Waals surface area contributed by atoms with E-state index in [9.17, 15) is 14.4 Å². The van der Waals surface area contributed by atoms with E-state index in [1.807, 2.05) is 12.1 Å². The quantitative estimate of drug-likeness (QED) is 0.733. The summed E-state index contributed by atoms with van der Waals surface area (Å²) in [5.41, 5.74) is 2.80. The summed E-state index contributed by atoms with van der Waals surface area (Å²) < 4.78 is 0. The van der Waals surface area contributed by atoms with Gasteiger partial charge < -0.3 is 10.2 Å². The highest BCUT2D eigenvalue weighted by molar-refractivity contribution is 6.05. The third-order valence-corrected chi connectivity index (χ3v) is 6.16. The maximum atomic E-state index is 13.0. The molecule has 29 heavy (non-hydrogen) atoms. The SMILES string of the molecule is CC(C)NC1CCN(Cc2ccc3c(c2)C(=O)N(C2CCC(=O)NC2=O)C3)CC1. The third kappa shape index (κ3) is 4.36. The smallest absolute Gasteiger partial charge is 0.255 e. The van der Waals surface area contributed by atoms with Crippen molar-refractivity contribution in [2.24, 2.45) is 0 Å². The van der Waals surface area contributed by atoms with E-state index in [0.29, 0.717) is 30.6 Å². The van der Waals surface area contributed by atoms with Crippen LogP contribution in [0, 0.1) is 0 Å². The summed E-state index contributed by atoms with van der Waals surface area (Å²) in [6, 6.07) is 6.65. The average molecular weight is 399 g/mol. The van der Waals surface area contributed by atoms with Gasteiger partial charge in [-0.2, -0.15) is 0 Å². The minimum absolute atomic E-state index is 0.101. The molecular weight excluding hydrogens is 368 g/mol. The zero-order chi connectivity index (χ0) is 20.5. The molecule has 3 heterocycles. The van der Waals surface area contributed by atoms with Gasteiger partial charge in [-0.15, -0.1) is 0 Å². The predicted octanol–water partition coefficient (Wildman–Crippen LogP) is 1.41. The minimum atomic E-state index is -0.552. The fourth-order valence-corrected chi connectivity index (χ4v) is 4.69. The largest absolute Gasteiger partial charge is 0.322 e. The average Bonchev–Trinajstić information content (AvgIpc) is 2.99. The van der Waals surface area contributed by atoms with Crippen molar-refractivity contribution in [2.45, 2.75) is 70.7 Å². The van der Waals surface area contributed by atoms with E-state index in [1.54, 1.807) is 4.90 Å². The lowest BCUT2D eigenvalue weighted by Gasteiger charge is -2.33. The molecule has 1 atom stereocenters. The maximum absolute atomic E-state index is 13.0. The van der Waals surface area contributed by atoms with E-state index >= 15 is 0 Å². The van der Waals surface area contributed by atoms with Crippen LogP contribution in [0.4, 0.5) is 0 Å². The topological polar surface area (TPSA) is 81.8 Å². The predicted molar refractivity (Wildman–Crippen MR) is 109 cm³/mol. The number of carbonyl (C=O) groups is 3. The van der Waals surface area contributed by atoms with Gasteiger partial charge in [0.15, 0.2) is 0 Å². The number of fused-ring (bicyclic) bond motifs is 1. The van der Waals surface area contributed by atoms with Crippen molar-refractivity contribution < 1.29 is 14.4 Å². The normalized spacial score (nSPS) is 23.6. The van der Waals surface area contributed by atoms with Crippen LogP contribution in [0.15, 0.2) is 18.2 Å². The zero-order valence-corrected chi connectivity index (χ0v) is 17.2. The molecule has 1 aromatic rings. The molecule has 0 aliphatic carbocycles. The molecule has 1 unspecified atom stereocenters. The van der Waals surface area contributed by atoms with Gasteiger partial charge in [0.1, 0.15) is 6.04 Å². The van der Waals surface area contributed by atoms with Gasteiger partial charge in [-0.05, 0) is 49.5 Å². The highest BCUT2D eigenvalue weighted by Crippen LogP contribution is 2.28. The lowest BCUT2D eigenvalue weighted by atomic mass is 10.0. The molecule has 2 fully saturated rings. The lowest BCUT2D eigenvalue weighted by molar-refractivity contribution is -0.136. The molecule has 7 heteroatoms. The Morgan fingerprint density at radius 3 is 2.59 bits per heavy atom. The first-order valence-electron chi connectivity index (χ1n) is 10.7. The molecule has 1 aromatic carbocycles. The maximum Gasteiger partial charge on any atom is 0.255 e. The molecular formula is C22H30N4O3. The van der Waals surface area contributed by atoms with E-state index in [1.165, 1.54) is 0 Å². The Labute approximate surface area is 171 Å². The summed E-state index contributed by atoms with van der Waals surface area (Å²) in [7, 11) is 0. The Kier molecular flexibility index (Phi) is 5.69. The first kappa shape index (κ1) is 20.0. The molecule has 4 rings (SSSR count). The summed E-state index contributed by atoms with van der Waals surface area (Å²) in [6.45, 7) is 7.76. The fourth-order valence-electron chi connectivity index (χ4n) is 4.69. The summed E-state index contributed by atoms with van der Waals surface area (Å²) >= 11 is 0. The van der Waals surface area contributed by atoms with Crippen molar-refractivity contribution in [1.82, 2.24) is 20.4 Å². The summed E-state index contributed by atoms with van der Waals surface area (Å²) in [5, 5.41) is 5.97. The zero-order valence-electron chi connectivity index (χ0n) is 17.2. The van der Waals surface area contributed by atoms with Crippen molar-refractivity contribution >= 4 is 17.7 Å². The number of likely N-dealkylation sites (tertiary alicyclic amines) is 1. The number of nitrogens with one attached hydrogen (secondary N) is 2.